The lowest BCUT2D eigenvalue weighted by Gasteiger charge is -2.44. The van der Waals surface area contributed by atoms with Crippen molar-refractivity contribution in [3.8, 4) is 0 Å². The monoisotopic (exact) mass is 417 g/mol. The lowest BCUT2D eigenvalue weighted by atomic mass is 9.78. The van der Waals surface area contributed by atoms with Crippen molar-refractivity contribution in [2.24, 2.45) is 5.92 Å². The molecule has 2 atom stereocenters. The summed E-state index contributed by atoms with van der Waals surface area (Å²) in [6.45, 7) is 0.915. The Hall–Kier alpha value is -2.42. The number of carbonyl (C=O) groups is 2. The zero-order chi connectivity index (χ0) is 21.5. The lowest BCUT2D eigenvalue weighted by Crippen LogP contribution is -2.49. The molecule has 0 bridgehead atoms. The summed E-state index contributed by atoms with van der Waals surface area (Å²) in [7, 11) is 0. The van der Waals surface area contributed by atoms with Crippen LogP contribution in [-0.2, 0) is 9.59 Å². The number of hydrogen-bond acceptors (Lipinski definition) is 2. The van der Waals surface area contributed by atoms with Crippen LogP contribution in [0, 0.1) is 5.92 Å². The summed E-state index contributed by atoms with van der Waals surface area (Å²) in [4.78, 5) is 27.9. The molecule has 0 spiro atoms. The molecule has 4 rings (SSSR count). The number of amides is 1. The minimum atomic E-state index is 0.0793. The van der Waals surface area contributed by atoms with Gasteiger partial charge in [0.1, 0.15) is 5.78 Å². The zero-order valence-corrected chi connectivity index (χ0v) is 18.5. The third-order valence-electron chi connectivity index (χ3n) is 7.25. The van der Waals surface area contributed by atoms with Crippen molar-refractivity contribution in [1.82, 2.24) is 4.90 Å². The van der Waals surface area contributed by atoms with Gasteiger partial charge in [0.05, 0.1) is 0 Å². The molecule has 2 aromatic carbocycles. The molecule has 2 aliphatic rings. The lowest BCUT2D eigenvalue weighted by molar-refractivity contribution is -0.137. The predicted molar refractivity (Wildman–Crippen MR) is 125 cm³/mol. The summed E-state index contributed by atoms with van der Waals surface area (Å²) >= 11 is 0. The summed E-state index contributed by atoms with van der Waals surface area (Å²) in [5.41, 5.74) is 2.35. The van der Waals surface area contributed by atoms with E-state index in [0.717, 1.165) is 13.0 Å². The Morgan fingerprint density at radius 1 is 0.806 bits per heavy atom. The van der Waals surface area contributed by atoms with Gasteiger partial charge in [-0.1, -0.05) is 73.5 Å². The maximum Gasteiger partial charge on any atom is 0.222 e. The van der Waals surface area contributed by atoms with E-state index < -0.39 is 0 Å². The van der Waals surface area contributed by atoms with Crippen molar-refractivity contribution < 1.29 is 9.59 Å². The molecule has 0 aromatic heterocycles. The fourth-order valence-corrected chi connectivity index (χ4v) is 5.64. The van der Waals surface area contributed by atoms with E-state index in [-0.39, 0.29) is 17.6 Å². The smallest absolute Gasteiger partial charge is 0.222 e. The first-order valence-corrected chi connectivity index (χ1v) is 12.1. The van der Waals surface area contributed by atoms with Crippen molar-refractivity contribution in [2.45, 2.75) is 76.2 Å². The van der Waals surface area contributed by atoms with E-state index in [2.05, 4.69) is 29.2 Å². The summed E-state index contributed by atoms with van der Waals surface area (Å²) in [5.74, 6) is 1.31. The van der Waals surface area contributed by atoms with Crippen LogP contribution in [0.4, 0.5) is 0 Å². The van der Waals surface area contributed by atoms with E-state index in [9.17, 15) is 9.59 Å². The Morgan fingerprint density at radius 2 is 1.42 bits per heavy atom. The van der Waals surface area contributed by atoms with Crippen LogP contribution in [0.5, 0.6) is 0 Å². The van der Waals surface area contributed by atoms with Crippen LogP contribution in [0.1, 0.15) is 81.3 Å². The third kappa shape index (κ3) is 5.64. The van der Waals surface area contributed by atoms with Crippen LogP contribution in [0.15, 0.2) is 60.7 Å². The quantitative estimate of drug-likeness (QED) is 0.518. The highest BCUT2D eigenvalue weighted by atomic mass is 16.2. The fourth-order valence-electron chi connectivity index (χ4n) is 5.64. The van der Waals surface area contributed by atoms with E-state index in [1.54, 1.807) is 0 Å². The molecule has 31 heavy (non-hydrogen) atoms. The Morgan fingerprint density at radius 3 is 2.10 bits per heavy atom. The van der Waals surface area contributed by atoms with Gasteiger partial charge in [-0.15, -0.1) is 0 Å². The van der Waals surface area contributed by atoms with Gasteiger partial charge in [-0.05, 0) is 49.1 Å². The van der Waals surface area contributed by atoms with E-state index in [0.29, 0.717) is 37.6 Å². The minimum Gasteiger partial charge on any atom is -0.339 e. The molecular weight excluding hydrogens is 382 g/mol. The first-order chi connectivity index (χ1) is 15.2. The van der Waals surface area contributed by atoms with Crippen LogP contribution >= 0.6 is 0 Å². The number of hydrogen-bond donors (Lipinski definition) is 0. The maximum atomic E-state index is 12.9. The molecule has 2 aromatic rings. The molecule has 164 valence electrons. The van der Waals surface area contributed by atoms with Crippen molar-refractivity contribution in [1.29, 1.82) is 0 Å². The first-order valence-electron chi connectivity index (χ1n) is 12.1. The first kappa shape index (κ1) is 21.8. The van der Waals surface area contributed by atoms with Gasteiger partial charge in [0.25, 0.3) is 0 Å². The van der Waals surface area contributed by atoms with E-state index in [4.69, 9.17) is 0 Å². The normalized spacial score (nSPS) is 21.0. The van der Waals surface area contributed by atoms with Gasteiger partial charge in [-0.25, -0.2) is 0 Å². The SMILES string of the molecule is O=C(CCCC(=O)N1CCCC2CCCCC21)CC(c1ccccc1)c1ccccc1. The van der Waals surface area contributed by atoms with E-state index in [1.165, 1.54) is 43.2 Å². The largest absolute Gasteiger partial charge is 0.339 e. The van der Waals surface area contributed by atoms with Gasteiger partial charge in [-0.2, -0.15) is 0 Å². The van der Waals surface area contributed by atoms with Crippen LogP contribution in [0.3, 0.4) is 0 Å². The molecular formula is C28H35NO2. The van der Waals surface area contributed by atoms with Crippen molar-refractivity contribution in [3.05, 3.63) is 71.8 Å². The number of nitrogens with zero attached hydrogens (tertiary/aromatic N) is 1. The second kappa shape index (κ2) is 10.7. The molecule has 1 saturated carbocycles. The highest BCUT2D eigenvalue weighted by Gasteiger charge is 2.35. The number of benzene rings is 2. The number of fused-ring (bicyclic) bond motifs is 1. The maximum absolute atomic E-state index is 12.9. The van der Waals surface area contributed by atoms with Crippen LogP contribution in [-0.4, -0.2) is 29.2 Å². The molecule has 0 radical (unpaired) electrons. The average Bonchev–Trinajstić information content (AvgIpc) is 2.83. The zero-order valence-electron chi connectivity index (χ0n) is 18.5. The summed E-state index contributed by atoms with van der Waals surface area (Å²) in [6, 6.07) is 21.0. The van der Waals surface area contributed by atoms with Gasteiger partial charge in [0.15, 0.2) is 0 Å². The molecule has 0 N–H and O–H groups in total. The number of piperidine rings is 1. The van der Waals surface area contributed by atoms with Crippen molar-refractivity contribution in [2.75, 3.05) is 6.54 Å². The molecule has 1 aliphatic carbocycles. The molecule has 1 saturated heterocycles. The second-order valence-electron chi connectivity index (χ2n) is 9.31. The van der Waals surface area contributed by atoms with Crippen molar-refractivity contribution >= 4 is 11.7 Å². The van der Waals surface area contributed by atoms with Crippen molar-refractivity contribution in [3.63, 3.8) is 0 Å². The molecule has 1 amide bonds. The molecule has 3 nitrogen and oxygen atoms in total. The van der Waals surface area contributed by atoms with Gasteiger partial charge < -0.3 is 4.90 Å². The molecule has 1 aliphatic heterocycles. The van der Waals surface area contributed by atoms with E-state index in [1.807, 2.05) is 36.4 Å². The van der Waals surface area contributed by atoms with Gasteiger partial charge in [-0.3, -0.25) is 9.59 Å². The predicted octanol–water partition coefficient (Wildman–Crippen LogP) is 6.13. The van der Waals surface area contributed by atoms with Gasteiger partial charge >= 0.3 is 0 Å². The van der Waals surface area contributed by atoms with E-state index >= 15 is 0 Å². The third-order valence-corrected chi connectivity index (χ3v) is 7.25. The number of Topliss-reactive ketones (excluding diaryl/α,β-unsaturated/α-hetero) is 1. The number of carbonyl (C=O) groups excluding carboxylic acids is 2. The minimum absolute atomic E-state index is 0.0793. The molecule has 1 heterocycles. The van der Waals surface area contributed by atoms with Crippen LogP contribution in [0.25, 0.3) is 0 Å². The highest BCUT2D eigenvalue weighted by molar-refractivity contribution is 5.81. The molecule has 2 fully saturated rings. The fraction of sp³-hybridized carbons (Fsp3) is 0.500. The number of likely N-dealkylation sites (tertiary alicyclic amines) is 1. The molecule has 2 unspecified atom stereocenters. The Kier molecular flexibility index (Phi) is 7.56. The number of rotatable bonds is 8. The standard InChI is InChI=1S/C28H35NO2/c30-25(21-26(22-11-3-1-4-12-22)23-13-5-2-6-14-23)17-9-19-28(31)29-20-10-16-24-15-7-8-18-27(24)29/h1-6,11-14,24,26-27H,7-10,15-21H2. The number of ketones is 1. The summed E-state index contributed by atoms with van der Waals surface area (Å²) in [5, 5.41) is 0. The van der Waals surface area contributed by atoms with Crippen LogP contribution < -0.4 is 0 Å². The Bertz CT molecular complexity index is 806. The van der Waals surface area contributed by atoms with Gasteiger partial charge in [0.2, 0.25) is 5.91 Å². The Balaban J connectivity index is 1.31. The van der Waals surface area contributed by atoms with Crippen LogP contribution in [0.2, 0.25) is 0 Å². The topological polar surface area (TPSA) is 37.4 Å². The summed E-state index contributed by atoms with van der Waals surface area (Å²) < 4.78 is 0. The Labute approximate surface area is 186 Å². The highest BCUT2D eigenvalue weighted by Crippen LogP contribution is 2.35. The van der Waals surface area contributed by atoms with Gasteiger partial charge in [0, 0.05) is 37.8 Å². The second-order valence-corrected chi connectivity index (χ2v) is 9.31. The summed E-state index contributed by atoms with van der Waals surface area (Å²) in [6.07, 6.45) is 9.62. The average molecular weight is 418 g/mol. The molecule has 3 heteroatoms.